The first-order valence-electron chi connectivity index (χ1n) is 18.4. The van der Waals surface area contributed by atoms with E-state index in [0.717, 1.165) is 25.3 Å². The van der Waals surface area contributed by atoms with Crippen molar-refractivity contribution in [3.63, 3.8) is 0 Å². The predicted octanol–water partition coefficient (Wildman–Crippen LogP) is 7.51. The van der Waals surface area contributed by atoms with Crippen LogP contribution in [0.5, 0.6) is 0 Å². The van der Waals surface area contributed by atoms with Crippen molar-refractivity contribution in [2.75, 3.05) is 7.11 Å². The second-order valence-electron chi connectivity index (χ2n) is 13.8. The third kappa shape index (κ3) is 7.83. The van der Waals surface area contributed by atoms with Crippen molar-refractivity contribution in [2.24, 2.45) is 9.98 Å². The summed E-state index contributed by atoms with van der Waals surface area (Å²) in [6.45, 7) is 0. The van der Waals surface area contributed by atoms with Gasteiger partial charge in [0.15, 0.2) is 69.8 Å². The quantitative estimate of drug-likeness (QED) is 0.0600. The number of halogens is 15. The summed E-state index contributed by atoms with van der Waals surface area (Å²) in [5.41, 5.74) is -13.2. The number of fused-ring (bicyclic) bond motifs is 7. The van der Waals surface area contributed by atoms with Gasteiger partial charge >= 0.3 is 19.8 Å². The number of hydrogen-bond acceptors (Lipinski definition) is 5. The first-order valence-corrected chi connectivity index (χ1v) is 18.4. The van der Waals surface area contributed by atoms with Crippen LogP contribution in [-0.2, 0) is 4.74 Å². The van der Waals surface area contributed by atoms with E-state index in [-0.39, 0.29) is 19.8 Å². The molecule has 338 valence electrons. The van der Waals surface area contributed by atoms with E-state index in [1.807, 2.05) is 18.2 Å². The van der Waals surface area contributed by atoms with Crippen molar-refractivity contribution in [1.82, 2.24) is 15.0 Å². The molecule has 0 aliphatic carbocycles. The summed E-state index contributed by atoms with van der Waals surface area (Å²) < 4.78 is 230. The maximum atomic E-state index is 15.7. The second kappa shape index (κ2) is 18.3. The van der Waals surface area contributed by atoms with E-state index >= 15 is 26.3 Å². The Balaban J connectivity index is 0.000000882. The maximum Gasteiger partial charge on any atom is 3.00 e. The Morgan fingerprint density at radius 1 is 0.507 bits per heavy atom. The average molecular weight is 1000 g/mol. The monoisotopic (exact) mass is 1000 g/mol. The summed E-state index contributed by atoms with van der Waals surface area (Å²) in [5.74, 6) is -39.1. The third-order valence-corrected chi connectivity index (χ3v) is 10.1. The maximum absolute atomic E-state index is 15.7. The van der Waals surface area contributed by atoms with Crippen LogP contribution in [0.4, 0.5) is 65.9 Å². The smallest absolute Gasteiger partial charge is 0.657 e. The van der Waals surface area contributed by atoms with Crippen LogP contribution in [0.2, 0.25) is 0 Å². The molecule has 0 amide bonds. The molecule has 3 aliphatic heterocycles. The van der Waals surface area contributed by atoms with Crippen molar-refractivity contribution in [1.29, 1.82) is 0 Å². The first-order chi connectivity index (χ1) is 31.4. The molecular weight excluding hydrogens is 985 g/mol. The minimum Gasteiger partial charge on any atom is -0.657 e. The van der Waals surface area contributed by atoms with Crippen molar-refractivity contribution >= 4 is 53.6 Å². The molecule has 0 N–H and O–H groups in total. The molecule has 23 heteroatoms. The molecule has 0 atom stereocenters. The zero-order valence-electron chi connectivity index (χ0n) is 33.0. The Hall–Kier alpha value is -7.14. The summed E-state index contributed by atoms with van der Waals surface area (Å²) in [5, 5.41) is 11.4. The minimum absolute atomic E-state index is 0. The van der Waals surface area contributed by atoms with Gasteiger partial charge in [-0.1, -0.05) is 30.3 Å². The van der Waals surface area contributed by atoms with E-state index in [2.05, 4.69) is 24.9 Å². The zero-order chi connectivity index (χ0) is 47.6. The number of ether oxygens (including phenoxy) is 1. The summed E-state index contributed by atoms with van der Waals surface area (Å²) >= 11 is 0. The number of pyridine rings is 1. The van der Waals surface area contributed by atoms with Gasteiger partial charge in [-0.05, 0) is 54.9 Å². The average Bonchev–Trinajstić information content (AvgIpc) is 4.18. The fourth-order valence-corrected chi connectivity index (χ4v) is 7.16. The second-order valence-corrected chi connectivity index (χ2v) is 13.8. The Morgan fingerprint density at radius 2 is 0.940 bits per heavy atom. The molecule has 0 fully saturated rings. The molecule has 3 aliphatic rings. The molecule has 0 saturated carbocycles. The van der Waals surface area contributed by atoms with Gasteiger partial charge in [0.25, 0.3) is 0 Å². The van der Waals surface area contributed by atoms with Crippen molar-refractivity contribution in [3.05, 3.63) is 204 Å². The van der Waals surface area contributed by atoms with Gasteiger partial charge in [-0.25, -0.2) is 70.8 Å². The summed E-state index contributed by atoms with van der Waals surface area (Å²) in [7, 11) is 0.797. The van der Waals surface area contributed by atoms with Gasteiger partial charge in [0.05, 0.1) is 28.3 Å². The van der Waals surface area contributed by atoms with Gasteiger partial charge in [0.2, 0.25) is 17.5 Å². The fraction of sp³-hybridized carbons (Fsp3) is 0.0682. The molecule has 3 aromatic carbocycles. The molecule has 8 bridgehead atoms. The molecule has 7 nitrogen and oxygen atoms in total. The first kappa shape index (κ1) is 47.8. The SMILES string of the molecule is CO/C([O-])=C1\C=C2N=C1C(c1c(F)c(F)c(F)c(F)c1F)=c1ccc([n-]1)=C(c1c(F)c(F)c(F)c(F)c1F)C1=NC(=C(c3c(F)c(F)c(F)c(F)c3F)c3ccc2[n-]3)CC1.[Ga+3].c1ccncc1. The van der Waals surface area contributed by atoms with Crippen molar-refractivity contribution in [2.45, 2.75) is 12.8 Å². The van der Waals surface area contributed by atoms with Crippen LogP contribution in [-0.4, -0.2) is 43.3 Å². The van der Waals surface area contributed by atoms with E-state index in [0.29, 0.717) is 12.1 Å². The molecule has 3 aromatic heterocycles. The zero-order valence-corrected chi connectivity index (χ0v) is 35.4. The van der Waals surface area contributed by atoms with Crippen molar-refractivity contribution < 1.29 is 75.7 Å². The van der Waals surface area contributed by atoms with Crippen LogP contribution in [0.1, 0.15) is 40.9 Å². The van der Waals surface area contributed by atoms with Crippen LogP contribution >= 0.6 is 0 Å². The number of rotatable bonds is 4. The Morgan fingerprint density at radius 3 is 1.39 bits per heavy atom. The van der Waals surface area contributed by atoms with Gasteiger partial charge in [0, 0.05) is 35.1 Å². The largest absolute Gasteiger partial charge is 3.00 e. The van der Waals surface area contributed by atoms with Gasteiger partial charge in [0.1, 0.15) is 0 Å². The Labute approximate surface area is 377 Å². The normalized spacial score (nSPS) is 15.0. The predicted molar refractivity (Wildman–Crippen MR) is 205 cm³/mol. The van der Waals surface area contributed by atoms with Gasteiger partial charge < -0.3 is 19.8 Å². The van der Waals surface area contributed by atoms with E-state index in [1.54, 1.807) is 12.4 Å². The molecule has 0 saturated heterocycles. The molecule has 67 heavy (non-hydrogen) atoms. The molecule has 0 unspecified atom stereocenters. The van der Waals surface area contributed by atoms with Crippen molar-refractivity contribution in [3.8, 4) is 0 Å². The molecule has 0 spiro atoms. The molecule has 6 heterocycles. The fourth-order valence-electron chi connectivity index (χ4n) is 7.16. The topological polar surface area (TPSA) is 98.1 Å². The van der Waals surface area contributed by atoms with Gasteiger partial charge in [-0.2, -0.15) is 0 Å². The standard InChI is InChI=1S/C39H13F15N4O2.C5H5N.Ga/c1-60-39(59)9-8-16-10-2-3-11(55-10)17(20-23(40)29(46)35(52)30(47)24(20)41)12-4-5-13(56-12)18(21-25(42)31(48)36(53)32(49)26(21)43)14-6-7-15(57-14)19(38(9)58-16)22-27(44)33(50)37(54)34(51)28(22)45;1-2-4-6-5-3-1;/h2-3,6-8H,4-5H2,1H3,(H-2,55,56,57,58,59);1-5H;/q-2;;+3/p-1. The summed E-state index contributed by atoms with van der Waals surface area (Å²) in [4.78, 5) is 20.1. The van der Waals surface area contributed by atoms with Crippen LogP contribution in [0.25, 0.3) is 22.4 Å². The van der Waals surface area contributed by atoms with Gasteiger partial charge in [-0.15, -0.1) is 22.1 Å². The minimum atomic E-state index is -2.64. The number of benzene rings is 3. The summed E-state index contributed by atoms with van der Waals surface area (Å²) in [6, 6.07) is 9.04. The molecule has 0 radical (unpaired) electrons. The molecule has 9 rings (SSSR count). The molecular formula is C44H17F15GaN5O2. The van der Waals surface area contributed by atoms with Crippen LogP contribution < -0.4 is 25.8 Å². The number of nitrogens with zero attached hydrogens (tertiary/aromatic N) is 5. The Kier molecular flexibility index (Phi) is 13.0. The number of aromatic nitrogens is 3. The van der Waals surface area contributed by atoms with E-state index < -0.39 is 190 Å². The Bertz CT molecular complexity index is 3260. The van der Waals surface area contributed by atoms with Crippen LogP contribution in [0, 0.1) is 87.3 Å². The number of hydrogen-bond donors (Lipinski definition) is 0. The number of allylic oxidation sites excluding steroid dienone is 3. The van der Waals surface area contributed by atoms with E-state index in [1.165, 1.54) is 0 Å². The van der Waals surface area contributed by atoms with Gasteiger partial charge in [-0.3, -0.25) is 9.98 Å². The summed E-state index contributed by atoms with van der Waals surface area (Å²) in [6.07, 6.45) is 3.00. The van der Waals surface area contributed by atoms with E-state index in [4.69, 9.17) is 4.74 Å². The third-order valence-electron chi connectivity index (χ3n) is 10.1. The number of methoxy groups -OCH3 is 1. The van der Waals surface area contributed by atoms with Crippen LogP contribution in [0.3, 0.4) is 0 Å². The number of aliphatic imine (C=N–C) groups is 2. The molecule has 6 aromatic rings. The van der Waals surface area contributed by atoms with Crippen LogP contribution in [0.15, 0.2) is 88.1 Å². The van der Waals surface area contributed by atoms with E-state index in [9.17, 15) is 44.6 Å².